The molecule has 3 N–H and O–H groups in total. The molecule has 0 atom stereocenters. The topological polar surface area (TPSA) is 72.8 Å². The first-order chi connectivity index (χ1) is 7.33. The maximum Gasteiger partial charge on any atom is 0.234 e. The molecule has 0 aromatic heterocycles. The molecule has 0 unspecified atom stereocenters. The predicted octanol–water partition coefficient (Wildman–Crippen LogP) is -0.566. The predicted molar refractivity (Wildman–Crippen MR) is 63.1 cm³/mol. The zero-order valence-corrected chi connectivity index (χ0v) is 10.7. The first-order valence-electron chi connectivity index (χ1n) is 5.52. The number of hydrogen-bond donors (Lipinski definition) is 3. The molecular formula is C11H24N2O3. The van der Waals surface area contributed by atoms with Crippen LogP contribution in [0.3, 0.4) is 0 Å². The number of carbonyl (C=O) groups excluding carboxylic acids is 1. The van der Waals surface area contributed by atoms with Gasteiger partial charge in [-0.15, -0.1) is 0 Å². The minimum atomic E-state index is -0.563. The lowest BCUT2D eigenvalue weighted by molar-refractivity contribution is -0.123. The average Bonchev–Trinajstić information content (AvgIpc) is 2.15. The van der Waals surface area contributed by atoms with Gasteiger partial charge in [0.05, 0.1) is 19.8 Å². The van der Waals surface area contributed by atoms with E-state index < -0.39 is 5.41 Å². The van der Waals surface area contributed by atoms with Crippen LogP contribution in [0.2, 0.25) is 0 Å². The van der Waals surface area contributed by atoms with Crippen molar-refractivity contribution in [3.63, 3.8) is 0 Å². The normalized spacial score (nSPS) is 12.2. The highest BCUT2D eigenvalue weighted by molar-refractivity contribution is 5.78. The van der Waals surface area contributed by atoms with E-state index in [2.05, 4.69) is 5.32 Å². The fourth-order valence-electron chi connectivity index (χ4n) is 1.47. The smallest absolute Gasteiger partial charge is 0.234 e. The number of amides is 1. The summed E-state index contributed by atoms with van der Waals surface area (Å²) in [5.74, 6) is -0.0456. The van der Waals surface area contributed by atoms with Crippen molar-refractivity contribution < 1.29 is 15.0 Å². The Morgan fingerprint density at radius 2 is 1.88 bits per heavy atom. The number of nitrogens with zero attached hydrogens (tertiary/aromatic N) is 1. The van der Waals surface area contributed by atoms with E-state index in [9.17, 15) is 4.79 Å². The van der Waals surface area contributed by atoms with Gasteiger partial charge in [-0.05, 0) is 20.9 Å². The SMILES string of the molecule is CC(C)NC(=O)CN(C)CC(C)(CO)CO. The second kappa shape index (κ2) is 6.83. The van der Waals surface area contributed by atoms with Gasteiger partial charge in [-0.25, -0.2) is 0 Å². The summed E-state index contributed by atoms with van der Waals surface area (Å²) in [5.41, 5.74) is -0.563. The molecule has 0 radical (unpaired) electrons. The molecule has 0 saturated heterocycles. The lowest BCUT2D eigenvalue weighted by Crippen LogP contribution is -2.44. The number of aliphatic hydroxyl groups excluding tert-OH is 2. The van der Waals surface area contributed by atoms with Gasteiger partial charge in [-0.1, -0.05) is 6.92 Å². The van der Waals surface area contributed by atoms with E-state index in [0.29, 0.717) is 6.54 Å². The second-order valence-corrected chi connectivity index (χ2v) is 5.02. The van der Waals surface area contributed by atoms with Gasteiger partial charge in [-0.2, -0.15) is 0 Å². The summed E-state index contributed by atoms with van der Waals surface area (Å²) in [6.45, 7) is 6.15. The lowest BCUT2D eigenvalue weighted by Gasteiger charge is -2.30. The van der Waals surface area contributed by atoms with Crippen LogP contribution in [0, 0.1) is 5.41 Å². The minimum Gasteiger partial charge on any atom is -0.396 e. The first-order valence-corrected chi connectivity index (χ1v) is 5.52. The zero-order chi connectivity index (χ0) is 12.8. The molecule has 0 heterocycles. The standard InChI is InChI=1S/C11H24N2O3/c1-9(2)12-10(16)5-13(4)6-11(3,7-14)8-15/h9,14-15H,5-8H2,1-4H3,(H,12,16). The number of rotatable bonds is 7. The Kier molecular flexibility index (Phi) is 6.55. The summed E-state index contributed by atoms with van der Waals surface area (Å²) in [4.78, 5) is 13.2. The number of nitrogens with one attached hydrogen (secondary N) is 1. The van der Waals surface area contributed by atoms with Gasteiger partial charge in [0.2, 0.25) is 5.91 Å². The average molecular weight is 232 g/mol. The molecule has 16 heavy (non-hydrogen) atoms. The van der Waals surface area contributed by atoms with E-state index in [1.807, 2.05) is 13.8 Å². The number of aliphatic hydroxyl groups is 2. The fraction of sp³-hybridized carbons (Fsp3) is 0.909. The van der Waals surface area contributed by atoms with Crippen molar-refractivity contribution in [1.82, 2.24) is 10.2 Å². The van der Waals surface area contributed by atoms with Gasteiger partial charge < -0.3 is 15.5 Å². The monoisotopic (exact) mass is 232 g/mol. The second-order valence-electron chi connectivity index (χ2n) is 5.02. The van der Waals surface area contributed by atoms with Crippen LogP contribution in [0.4, 0.5) is 0 Å². The van der Waals surface area contributed by atoms with Crippen LogP contribution in [-0.2, 0) is 4.79 Å². The van der Waals surface area contributed by atoms with Gasteiger partial charge in [-0.3, -0.25) is 9.69 Å². The first kappa shape index (κ1) is 15.3. The molecule has 5 nitrogen and oxygen atoms in total. The molecule has 0 aliphatic heterocycles. The molecule has 0 saturated carbocycles. The van der Waals surface area contributed by atoms with Crippen LogP contribution in [-0.4, -0.2) is 60.4 Å². The van der Waals surface area contributed by atoms with Crippen molar-refractivity contribution >= 4 is 5.91 Å². The summed E-state index contributed by atoms with van der Waals surface area (Å²) in [7, 11) is 1.80. The van der Waals surface area contributed by atoms with Crippen molar-refractivity contribution in [1.29, 1.82) is 0 Å². The maximum absolute atomic E-state index is 11.4. The summed E-state index contributed by atoms with van der Waals surface area (Å²) in [5, 5.41) is 21.0. The fourth-order valence-corrected chi connectivity index (χ4v) is 1.47. The largest absolute Gasteiger partial charge is 0.396 e. The van der Waals surface area contributed by atoms with E-state index in [-0.39, 0.29) is 31.7 Å². The van der Waals surface area contributed by atoms with Crippen LogP contribution in [0.25, 0.3) is 0 Å². The molecule has 0 aromatic carbocycles. The Labute approximate surface area is 97.4 Å². The highest BCUT2D eigenvalue weighted by Gasteiger charge is 2.25. The third-order valence-electron chi connectivity index (χ3n) is 2.28. The summed E-state index contributed by atoms with van der Waals surface area (Å²) < 4.78 is 0. The Hall–Kier alpha value is -0.650. The van der Waals surface area contributed by atoms with Crippen molar-refractivity contribution in [3.8, 4) is 0 Å². The van der Waals surface area contributed by atoms with E-state index in [0.717, 1.165) is 0 Å². The maximum atomic E-state index is 11.4. The summed E-state index contributed by atoms with van der Waals surface area (Å²) in [6, 6.07) is 0.128. The van der Waals surface area contributed by atoms with Crippen LogP contribution < -0.4 is 5.32 Å². The van der Waals surface area contributed by atoms with Gasteiger partial charge in [0, 0.05) is 18.0 Å². The molecule has 1 amide bonds. The van der Waals surface area contributed by atoms with E-state index in [1.54, 1.807) is 18.9 Å². The van der Waals surface area contributed by atoms with E-state index >= 15 is 0 Å². The highest BCUT2D eigenvalue weighted by Crippen LogP contribution is 2.15. The molecule has 0 fully saturated rings. The molecule has 0 aromatic rings. The van der Waals surface area contributed by atoms with Crippen LogP contribution in [0.15, 0.2) is 0 Å². The van der Waals surface area contributed by atoms with E-state index in [1.165, 1.54) is 0 Å². The van der Waals surface area contributed by atoms with Gasteiger partial charge >= 0.3 is 0 Å². The van der Waals surface area contributed by atoms with Crippen LogP contribution in [0.1, 0.15) is 20.8 Å². The molecule has 0 rings (SSSR count). The number of carbonyl (C=O) groups is 1. The molecule has 5 heteroatoms. The Balaban J connectivity index is 4.07. The molecule has 0 spiro atoms. The lowest BCUT2D eigenvalue weighted by atomic mass is 9.92. The molecule has 0 aliphatic rings. The zero-order valence-electron chi connectivity index (χ0n) is 10.7. The van der Waals surface area contributed by atoms with Crippen LogP contribution in [0.5, 0.6) is 0 Å². The van der Waals surface area contributed by atoms with Gasteiger partial charge in [0.25, 0.3) is 0 Å². The Morgan fingerprint density at radius 3 is 2.25 bits per heavy atom. The third kappa shape index (κ3) is 6.05. The van der Waals surface area contributed by atoms with Crippen molar-refractivity contribution in [2.24, 2.45) is 5.41 Å². The highest BCUT2D eigenvalue weighted by atomic mass is 16.3. The van der Waals surface area contributed by atoms with Crippen LogP contribution >= 0.6 is 0 Å². The third-order valence-corrected chi connectivity index (χ3v) is 2.28. The summed E-state index contributed by atoms with van der Waals surface area (Å²) >= 11 is 0. The molecule has 0 bridgehead atoms. The summed E-state index contributed by atoms with van der Waals surface area (Å²) in [6.07, 6.45) is 0. The van der Waals surface area contributed by atoms with Gasteiger partial charge in [0.15, 0.2) is 0 Å². The minimum absolute atomic E-state index is 0.0456. The quantitative estimate of drug-likeness (QED) is 0.550. The molecular weight excluding hydrogens is 208 g/mol. The van der Waals surface area contributed by atoms with Crippen molar-refractivity contribution in [2.75, 3.05) is 33.4 Å². The van der Waals surface area contributed by atoms with E-state index in [4.69, 9.17) is 10.2 Å². The Morgan fingerprint density at radius 1 is 1.38 bits per heavy atom. The molecule has 96 valence electrons. The van der Waals surface area contributed by atoms with Crippen molar-refractivity contribution in [3.05, 3.63) is 0 Å². The number of likely N-dealkylation sites (N-methyl/N-ethyl adjacent to an activating group) is 1. The Bertz CT molecular complexity index is 215. The number of hydrogen-bond acceptors (Lipinski definition) is 4. The van der Waals surface area contributed by atoms with Gasteiger partial charge in [0.1, 0.15) is 0 Å². The van der Waals surface area contributed by atoms with Crippen molar-refractivity contribution in [2.45, 2.75) is 26.8 Å². The molecule has 0 aliphatic carbocycles.